The van der Waals surface area contributed by atoms with E-state index in [4.69, 9.17) is 0 Å². The Morgan fingerprint density at radius 1 is 1.14 bits per heavy atom. The van der Waals surface area contributed by atoms with Crippen LogP contribution in [-0.2, 0) is 16.6 Å². The third-order valence-corrected chi connectivity index (χ3v) is 7.25. The lowest BCUT2D eigenvalue weighted by molar-refractivity contribution is 0.102. The molecule has 1 aromatic heterocycles. The Bertz CT molecular complexity index is 1140. The lowest BCUT2D eigenvalue weighted by atomic mass is 10.2. The predicted octanol–water partition coefficient (Wildman–Crippen LogP) is 4.32. The van der Waals surface area contributed by atoms with Crippen LogP contribution in [0.1, 0.15) is 23.7 Å². The van der Waals surface area contributed by atoms with Gasteiger partial charge < -0.3 is 9.88 Å². The molecule has 0 saturated carbocycles. The Balaban J connectivity index is 1.88. The quantitative estimate of drug-likeness (QED) is 0.591. The molecule has 3 rings (SSSR count). The number of halogens is 1. The van der Waals surface area contributed by atoms with Crippen LogP contribution in [0.15, 0.2) is 58.0 Å². The first-order valence-electron chi connectivity index (χ1n) is 8.86. The minimum absolute atomic E-state index is 0.0530. The molecule has 8 heteroatoms. The molecular formula is C20H22BrN3O3S. The van der Waals surface area contributed by atoms with E-state index in [1.807, 2.05) is 30.5 Å². The van der Waals surface area contributed by atoms with Crippen molar-refractivity contribution in [1.29, 1.82) is 0 Å². The molecule has 28 heavy (non-hydrogen) atoms. The van der Waals surface area contributed by atoms with E-state index >= 15 is 0 Å². The molecule has 0 aliphatic carbocycles. The zero-order valence-electron chi connectivity index (χ0n) is 15.9. The summed E-state index contributed by atoms with van der Waals surface area (Å²) < 4.78 is 28.6. The van der Waals surface area contributed by atoms with Crippen molar-refractivity contribution >= 4 is 48.5 Å². The fourth-order valence-electron chi connectivity index (χ4n) is 2.96. The monoisotopic (exact) mass is 463 g/mol. The van der Waals surface area contributed by atoms with Crippen LogP contribution in [0.4, 0.5) is 5.69 Å². The van der Waals surface area contributed by atoms with Crippen molar-refractivity contribution in [3.8, 4) is 0 Å². The fraction of sp³-hybridized carbons (Fsp3) is 0.250. The van der Waals surface area contributed by atoms with Crippen LogP contribution in [0, 0.1) is 0 Å². The van der Waals surface area contributed by atoms with Gasteiger partial charge in [-0.05, 0) is 64.8 Å². The van der Waals surface area contributed by atoms with Gasteiger partial charge in [0.05, 0.1) is 4.90 Å². The van der Waals surface area contributed by atoms with E-state index in [9.17, 15) is 13.2 Å². The number of rotatable bonds is 6. The Labute approximate surface area is 173 Å². The molecule has 148 valence electrons. The maximum Gasteiger partial charge on any atom is 0.255 e. The van der Waals surface area contributed by atoms with Crippen LogP contribution in [0.2, 0.25) is 0 Å². The van der Waals surface area contributed by atoms with Gasteiger partial charge in [-0.25, -0.2) is 12.7 Å². The van der Waals surface area contributed by atoms with Crippen molar-refractivity contribution < 1.29 is 13.2 Å². The Hall–Kier alpha value is -2.16. The van der Waals surface area contributed by atoms with Gasteiger partial charge in [-0.1, -0.05) is 6.92 Å². The topological polar surface area (TPSA) is 71.4 Å². The summed E-state index contributed by atoms with van der Waals surface area (Å²) in [4.78, 5) is 12.7. The van der Waals surface area contributed by atoms with E-state index in [1.54, 1.807) is 12.1 Å². The minimum Gasteiger partial charge on any atom is -0.347 e. The second kappa shape index (κ2) is 8.06. The molecular weight excluding hydrogens is 442 g/mol. The molecule has 0 radical (unpaired) electrons. The van der Waals surface area contributed by atoms with E-state index in [0.717, 1.165) is 28.2 Å². The summed E-state index contributed by atoms with van der Waals surface area (Å²) in [6.45, 7) is 3.07. The fourth-order valence-corrected chi connectivity index (χ4v) is 4.80. The molecule has 1 N–H and O–H groups in total. The standard InChI is InChI=1S/C20H22BrN3O3S/c1-4-10-24-11-9-14-12-16(6-8-18(14)24)22-20(25)15-5-7-17(21)19(13-15)28(26,27)23(2)3/h5-9,11-13H,4,10H2,1-3H3,(H,22,25). The summed E-state index contributed by atoms with van der Waals surface area (Å²) >= 11 is 3.25. The van der Waals surface area contributed by atoms with Crippen LogP contribution < -0.4 is 5.32 Å². The van der Waals surface area contributed by atoms with E-state index in [0.29, 0.717) is 10.2 Å². The SMILES string of the molecule is CCCn1ccc2cc(NC(=O)c3ccc(Br)c(S(=O)(=O)N(C)C)c3)ccc21. The number of fused-ring (bicyclic) bond motifs is 1. The van der Waals surface area contributed by atoms with Gasteiger partial charge in [0.1, 0.15) is 0 Å². The highest BCUT2D eigenvalue weighted by Crippen LogP contribution is 2.26. The second-order valence-electron chi connectivity index (χ2n) is 6.67. The number of amides is 1. The van der Waals surface area contributed by atoms with E-state index < -0.39 is 10.0 Å². The van der Waals surface area contributed by atoms with Crippen LogP contribution in [0.25, 0.3) is 10.9 Å². The summed E-state index contributed by atoms with van der Waals surface area (Å²) in [6, 6.07) is 12.3. The first-order valence-corrected chi connectivity index (χ1v) is 11.1. The van der Waals surface area contributed by atoms with Crippen LogP contribution >= 0.6 is 15.9 Å². The number of benzene rings is 2. The maximum absolute atomic E-state index is 12.7. The minimum atomic E-state index is -3.66. The van der Waals surface area contributed by atoms with Crippen molar-refractivity contribution in [1.82, 2.24) is 8.87 Å². The molecule has 0 saturated heterocycles. The van der Waals surface area contributed by atoms with Crippen molar-refractivity contribution in [3.63, 3.8) is 0 Å². The lowest BCUT2D eigenvalue weighted by Crippen LogP contribution is -2.23. The zero-order valence-corrected chi connectivity index (χ0v) is 18.3. The van der Waals surface area contributed by atoms with Gasteiger partial charge in [0.25, 0.3) is 5.91 Å². The highest BCUT2D eigenvalue weighted by Gasteiger charge is 2.22. The summed E-state index contributed by atoms with van der Waals surface area (Å²) in [7, 11) is -0.759. The van der Waals surface area contributed by atoms with Gasteiger partial charge in [0.15, 0.2) is 0 Å². The average Bonchev–Trinajstić information content (AvgIpc) is 3.04. The molecule has 0 aliphatic heterocycles. The zero-order chi connectivity index (χ0) is 20.5. The van der Waals surface area contributed by atoms with Crippen molar-refractivity contribution in [2.45, 2.75) is 24.8 Å². The molecule has 0 atom stereocenters. The van der Waals surface area contributed by atoms with Crippen molar-refractivity contribution in [3.05, 3.63) is 58.7 Å². The van der Waals surface area contributed by atoms with E-state index in [2.05, 4.69) is 32.7 Å². The van der Waals surface area contributed by atoms with Crippen molar-refractivity contribution in [2.24, 2.45) is 0 Å². The van der Waals surface area contributed by atoms with Gasteiger partial charge in [-0.2, -0.15) is 0 Å². The first kappa shape index (κ1) is 20.6. The average molecular weight is 464 g/mol. The number of hydrogen-bond donors (Lipinski definition) is 1. The van der Waals surface area contributed by atoms with Gasteiger partial charge in [0.2, 0.25) is 10.0 Å². The van der Waals surface area contributed by atoms with Gasteiger partial charge in [0, 0.05) is 53.5 Å². The van der Waals surface area contributed by atoms with Crippen LogP contribution in [0.5, 0.6) is 0 Å². The number of anilines is 1. The van der Waals surface area contributed by atoms with Crippen LogP contribution in [-0.4, -0.2) is 37.3 Å². The molecule has 2 aromatic carbocycles. The van der Waals surface area contributed by atoms with Gasteiger partial charge in [-0.15, -0.1) is 0 Å². The highest BCUT2D eigenvalue weighted by atomic mass is 79.9. The molecule has 1 amide bonds. The number of nitrogens with one attached hydrogen (secondary N) is 1. The number of hydrogen-bond acceptors (Lipinski definition) is 3. The maximum atomic E-state index is 12.7. The summed E-state index contributed by atoms with van der Waals surface area (Å²) in [5.74, 6) is -0.366. The normalized spacial score (nSPS) is 11.9. The third-order valence-electron chi connectivity index (χ3n) is 4.45. The van der Waals surface area contributed by atoms with Gasteiger partial charge in [-0.3, -0.25) is 4.79 Å². The number of aryl methyl sites for hydroxylation is 1. The lowest BCUT2D eigenvalue weighted by Gasteiger charge is -2.14. The smallest absolute Gasteiger partial charge is 0.255 e. The molecule has 3 aromatic rings. The molecule has 0 unspecified atom stereocenters. The summed E-state index contributed by atoms with van der Waals surface area (Å²) in [5, 5.41) is 3.89. The number of aromatic nitrogens is 1. The van der Waals surface area contributed by atoms with E-state index in [-0.39, 0.29) is 16.4 Å². The van der Waals surface area contributed by atoms with E-state index in [1.165, 1.54) is 20.2 Å². The number of carbonyl (C=O) groups is 1. The number of sulfonamides is 1. The molecule has 0 bridgehead atoms. The predicted molar refractivity (Wildman–Crippen MR) is 115 cm³/mol. The Morgan fingerprint density at radius 3 is 2.57 bits per heavy atom. The van der Waals surface area contributed by atoms with Crippen molar-refractivity contribution in [2.75, 3.05) is 19.4 Å². The Kier molecular flexibility index (Phi) is 5.92. The molecule has 0 aliphatic rings. The number of carbonyl (C=O) groups excluding carboxylic acids is 1. The van der Waals surface area contributed by atoms with Gasteiger partial charge >= 0.3 is 0 Å². The Morgan fingerprint density at radius 2 is 1.89 bits per heavy atom. The summed E-state index contributed by atoms with van der Waals surface area (Å²) in [6.07, 6.45) is 3.08. The molecule has 0 fully saturated rings. The largest absolute Gasteiger partial charge is 0.347 e. The number of nitrogens with zero attached hydrogens (tertiary/aromatic N) is 2. The first-order chi connectivity index (χ1) is 13.2. The second-order valence-corrected chi connectivity index (χ2v) is 9.64. The third kappa shape index (κ3) is 3.99. The molecule has 6 nitrogen and oxygen atoms in total. The highest BCUT2D eigenvalue weighted by molar-refractivity contribution is 9.10. The molecule has 0 spiro atoms. The summed E-state index contributed by atoms with van der Waals surface area (Å²) in [5.41, 5.74) is 2.04. The molecule has 1 heterocycles. The van der Waals surface area contributed by atoms with Crippen LogP contribution in [0.3, 0.4) is 0 Å².